The van der Waals surface area contributed by atoms with Gasteiger partial charge in [-0.05, 0) is 52.9 Å². The van der Waals surface area contributed by atoms with Crippen LogP contribution in [-0.2, 0) is 0 Å². The molecule has 0 amide bonds. The summed E-state index contributed by atoms with van der Waals surface area (Å²) in [6.07, 6.45) is 2.22. The number of halogens is 2. The highest BCUT2D eigenvalue weighted by Crippen LogP contribution is 2.30. The molecule has 1 fully saturated rings. The second kappa shape index (κ2) is 6.74. The first-order valence-electron chi connectivity index (χ1n) is 6.03. The highest BCUT2D eigenvalue weighted by atomic mass is 127. The topological polar surface area (TPSA) is 55.2 Å². The number of hydrogen-bond donors (Lipinski definition) is 1. The minimum atomic E-state index is -0.472. The van der Waals surface area contributed by atoms with Crippen LogP contribution < -0.4 is 5.32 Å². The summed E-state index contributed by atoms with van der Waals surface area (Å²) in [6, 6.07) is 2.49. The van der Waals surface area contributed by atoms with Crippen LogP contribution in [0.4, 0.5) is 15.8 Å². The molecule has 1 aliphatic rings. The lowest BCUT2D eigenvalue weighted by Crippen LogP contribution is -2.19. The Morgan fingerprint density at radius 1 is 1.47 bits per heavy atom. The van der Waals surface area contributed by atoms with E-state index in [1.54, 1.807) is 22.6 Å². The van der Waals surface area contributed by atoms with Gasteiger partial charge in [0.05, 0.1) is 8.49 Å². The number of anilines is 1. The molecule has 0 spiro atoms. The van der Waals surface area contributed by atoms with Crippen LogP contribution in [-0.4, -0.2) is 23.0 Å². The Morgan fingerprint density at radius 3 is 2.79 bits per heavy atom. The number of thioether (sulfide) groups is 1. The van der Waals surface area contributed by atoms with Crippen molar-refractivity contribution in [2.45, 2.75) is 12.8 Å². The number of nitrogens with zero attached hydrogens (tertiary/aromatic N) is 1. The quantitative estimate of drug-likeness (QED) is 0.477. The van der Waals surface area contributed by atoms with Crippen molar-refractivity contribution in [1.82, 2.24) is 0 Å². The van der Waals surface area contributed by atoms with E-state index in [0.717, 1.165) is 24.3 Å². The number of hydrogen-bond acceptors (Lipinski definition) is 4. The van der Waals surface area contributed by atoms with E-state index in [4.69, 9.17) is 0 Å². The van der Waals surface area contributed by atoms with Gasteiger partial charge < -0.3 is 5.32 Å². The fraction of sp³-hybridized carbons (Fsp3) is 0.500. The zero-order valence-electron chi connectivity index (χ0n) is 10.2. The van der Waals surface area contributed by atoms with Gasteiger partial charge in [0.15, 0.2) is 0 Å². The Kier molecular flexibility index (Phi) is 5.26. The second-order valence-electron chi connectivity index (χ2n) is 4.48. The van der Waals surface area contributed by atoms with Crippen molar-refractivity contribution in [2.24, 2.45) is 5.92 Å². The third-order valence-electron chi connectivity index (χ3n) is 3.16. The van der Waals surface area contributed by atoms with Gasteiger partial charge in [-0.3, -0.25) is 10.1 Å². The average molecular weight is 396 g/mol. The van der Waals surface area contributed by atoms with Crippen LogP contribution in [0, 0.1) is 25.4 Å². The third kappa shape index (κ3) is 3.95. The van der Waals surface area contributed by atoms with E-state index in [2.05, 4.69) is 5.32 Å². The Balaban J connectivity index is 2.09. The van der Waals surface area contributed by atoms with Crippen molar-refractivity contribution in [3.8, 4) is 0 Å². The third-order valence-corrected chi connectivity index (χ3v) is 5.03. The van der Waals surface area contributed by atoms with Crippen LogP contribution >= 0.6 is 34.4 Å². The van der Waals surface area contributed by atoms with Crippen LogP contribution in [0.2, 0.25) is 0 Å². The van der Waals surface area contributed by atoms with E-state index in [1.165, 1.54) is 12.1 Å². The van der Waals surface area contributed by atoms with Crippen molar-refractivity contribution >= 4 is 45.7 Å². The van der Waals surface area contributed by atoms with Gasteiger partial charge in [-0.15, -0.1) is 0 Å². The number of nitro benzene ring substituents is 1. The highest BCUT2D eigenvalue weighted by Gasteiger charge is 2.19. The van der Waals surface area contributed by atoms with Gasteiger partial charge in [0.1, 0.15) is 11.5 Å². The molecule has 2 rings (SSSR count). The van der Waals surface area contributed by atoms with Crippen LogP contribution in [0.5, 0.6) is 0 Å². The Morgan fingerprint density at radius 2 is 2.16 bits per heavy atom. The molecule has 1 saturated heterocycles. The van der Waals surface area contributed by atoms with E-state index >= 15 is 0 Å². The second-order valence-corrected chi connectivity index (χ2v) is 6.86. The van der Waals surface area contributed by atoms with E-state index < -0.39 is 10.7 Å². The number of benzene rings is 1. The molecule has 1 N–H and O–H groups in total. The normalized spacial score (nSPS) is 16.3. The molecule has 1 aliphatic heterocycles. The minimum Gasteiger partial charge on any atom is -0.379 e. The fourth-order valence-corrected chi connectivity index (χ4v) is 3.69. The van der Waals surface area contributed by atoms with E-state index in [-0.39, 0.29) is 14.9 Å². The molecule has 0 aliphatic carbocycles. The van der Waals surface area contributed by atoms with E-state index in [1.807, 2.05) is 11.8 Å². The average Bonchev–Trinajstić information content (AvgIpc) is 2.40. The first kappa shape index (κ1) is 14.8. The van der Waals surface area contributed by atoms with Crippen LogP contribution in [0.1, 0.15) is 12.8 Å². The molecule has 0 aromatic heterocycles. The number of nitro groups is 1. The number of nitrogens with one attached hydrogen (secondary N) is 1. The molecule has 7 heteroatoms. The maximum absolute atomic E-state index is 13.5. The lowest BCUT2D eigenvalue weighted by Gasteiger charge is -2.22. The van der Waals surface area contributed by atoms with Crippen LogP contribution in [0.15, 0.2) is 12.1 Å². The summed E-state index contributed by atoms with van der Waals surface area (Å²) in [7, 11) is 0. The molecule has 1 heterocycles. The Hall–Kier alpha value is -0.570. The molecule has 4 nitrogen and oxygen atoms in total. The van der Waals surface area contributed by atoms with Crippen molar-refractivity contribution in [3.05, 3.63) is 31.6 Å². The molecular formula is C12H14FIN2O2S. The predicted molar refractivity (Wildman–Crippen MR) is 84.3 cm³/mol. The summed E-state index contributed by atoms with van der Waals surface area (Å²) in [4.78, 5) is 10.5. The largest absolute Gasteiger partial charge is 0.379 e. The molecule has 0 bridgehead atoms. The summed E-state index contributed by atoms with van der Waals surface area (Å²) in [5.74, 6) is 2.36. The standard InChI is InChI=1S/C12H14FIN2O2S/c13-9-5-11(12(16(17)18)6-10(9)14)15-7-8-1-3-19-4-2-8/h5-6,8,15H,1-4,7H2. The van der Waals surface area contributed by atoms with Gasteiger partial charge in [-0.25, -0.2) is 4.39 Å². The van der Waals surface area contributed by atoms with E-state index in [0.29, 0.717) is 12.5 Å². The van der Waals surface area contributed by atoms with Gasteiger partial charge in [0.25, 0.3) is 5.69 Å². The molecule has 1 aromatic rings. The van der Waals surface area contributed by atoms with Gasteiger partial charge >= 0.3 is 0 Å². The van der Waals surface area contributed by atoms with Crippen molar-refractivity contribution in [1.29, 1.82) is 0 Å². The maximum atomic E-state index is 13.5. The summed E-state index contributed by atoms with van der Waals surface area (Å²) in [5.41, 5.74) is 0.220. The number of rotatable bonds is 4. The fourth-order valence-electron chi connectivity index (χ4n) is 2.03. The summed E-state index contributed by atoms with van der Waals surface area (Å²) in [6.45, 7) is 0.668. The molecule has 1 aromatic carbocycles. The molecule has 0 atom stereocenters. The lowest BCUT2D eigenvalue weighted by molar-refractivity contribution is -0.384. The molecule has 0 unspecified atom stereocenters. The van der Waals surface area contributed by atoms with E-state index in [9.17, 15) is 14.5 Å². The summed E-state index contributed by atoms with van der Waals surface area (Å²) < 4.78 is 13.8. The molecular weight excluding hydrogens is 382 g/mol. The van der Waals surface area contributed by atoms with Gasteiger partial charge in [-0.2, -0.15) is 11.8 Å². The van der Waals surface area contributed by atoms with Gasteiger partial charge in [0, 0.05) is 18.7 Å². The van der Waals surface area contributed by atoms with Crippen molar-refractivity contribution in [3.63, 3.8) is 0 Å². The molecule has 0 radical (unpaired) electrons. The van der Waals surface area contributed by atoms with Gasteiger partial charge in [-0.1, -0.05) is 0 Å². The minimum absolute atomic E-state index is 0.0593. The molecule has 104 valence electrons. The summed E-state index contributed by atoms with van der Waals surface area (Å²) >= 11 is 3.70. The maximum Gasteiger partial charge on any atom is 0.293 e. The molecule has 19 heavy (non-hydrogen) atoms. The smallest absolute Gasteiger partial charge is 0.293 e. The SMILES string of the molecule is O=[N+]([O-])c1cc(I)c(F)cc1NCC1CCSCC1. The Bertz CT molecular complexity index is 481. The van der Waals surface area contributed by atoms with Crippen molar-refractivity contribution < 1.29 is 9.31 Å². The molecule has 0 saturated carbocycles. The predicted octanol–water partition coefficient (Wildman–Crippen LogP) is 3.89. The zero-order valence-corrected chi connectivity index (χ0v) is 13.2. The van der Waals surface area contributed by atoms with Gasteiger partial charge in [0.2, 0.25) is 0 Å². The zero-order chi connectivity index (χ0) is 13.8. The monoisotopic (exact) mass is 396 g/mol. The van der Waals surface area contributed by atoms with Crippen LogP contribution in [0.3, 0.4) is 0 Å². The van der Waals surface area contributed by atoms with Crippen molar-refractivity contribution in [2.75, 3.05) is 23.4 Å². The first-order chi connectivity index (χ1) is 9.08. The first-order valence-corrected chi connectivity index (χ1v) is 8.26. The Labute approximate surface area is 128 Å². The van der Waals surface area contributed by atoms with Crippen LogP contribution in [0.25, 0.3) is 0 Å². The highest BCUT2D eigenvalue weighted by molar-refractivity contribution is 14.1. The lowest BCUT2D eigenvalue weighted by atomic mass is 10.0. The summed E-state index contributed by atoms with van der Waals surface area (Å²) in [5, 5.41) is 14.0.